The normalized spacial score (nSPS) is 18.2. The zero-order chi connectivity index (χ0) is 13.8. The lowest BCUT2D eigenvalue weighted by molar-refractivity contribution is -0.385. The first kappa shape index (κ1) is 13.3. The van der Waals surface area contributed by atoms with Gasteiger partial charge in [0.25, 0.3) is 5.91 Å². The van der Waals surface area contributed by atoms with Gasteiger partial charge in [0.1, 0.15) is 0 Å². The Balaban J connectivity index is 2.02. The Labute approximate surface area is 109 Å². The second-order valence-corrected chi connectivity index (χ2v) is 4.31. The summed E-state index contributed by atoms with van der Waals surface area (Å²) in [5, 5.41) is 22.6. The van der Waals surface area contributed by atoms with Crippen LogP contribution in [0.1, 0.15) is 23.2 Å². The number of nitro benzene ring substituents is 1. The van der Waals surface area contributed by atoms with Gasteiger partial charge in [0.05, 0.1) is 11.0 Å². The molecule has 7 nitrogen and oxygen atoms in total. The third-order valence-electron chi connectivity index (χ3n) is 2.95. The van der Waals surface area contributed by atoms with Crippen LogP contribution >= 0.6 is 0 Å². The van der Waals surface area contributed by atoms with Crippen LogP contribution in [0.2, 0.25) is 0 Å². The summed E-state index contributed by atoms with van der Waals surface area (Å²) in [4.78, 5) is 21.7. The van der Waals surface area contributed by atoms with Crippen molar-refractivity contribution in [2.45, 2.75) is 18.9 Å². The quantitative estimate of drug-likeness (QED) is 0.630. The SMILES string of the molecule is O=C(NC[C@H]1CCCO1)c1ccc(O)c([N+](=O)[O-])c1. The number of hydrogen-bond acceptors (Lipinski definition) is 5. The molecule has 1 aromatic carbocycles. The van der Waals surface area contributed by atoms with Crippen molar-refractivity contribution in [3.63, 3.8) is 0 Å². The number of ether oxygens (including phenoxy) is 1. The fourth-order valence-corrected chi connectivity index (χ4v) is 1.92. The minimum absolute atomic E-state index is 0.0102. The van der Waals surface area contributed by atoms with E-state index in [1.807, 2.05) is 0 Å². The minimum atomic E-state index is -0.730. The van der Waals surface area contributed by atoms with Crippen LogP contribution in [0.25, 0.3) is 0 Å². The van der Waals surface area contributed by atoms with Crippen molar-refractivity contribution in [3.05, 3.63) is 33.9 Å². The Hall–Kier alpha value is -2.15. The maximum absolute atomic E-state index is 11.8. The summed E-state index contributed by atoms with van der Waals surface area (Å²) < 4.78 is 5.36. The number of amides is 1. The number of phenolic OH excluding ortho intramolecular Hbond substituents is 1. The van der Waals surface area contributed by atoms with E-state index >= 15 is 0 Å². The summed E-state index contributed by atoms with van der Waals surface area (Å²) in [5.74, 6) is -0.876. The Morgan fingerprint density at radius 2 is 2.37 bits per heavy atom. The molecule has 1 aliphatic heterocycles. The number of aromatic hydroxyl groups is 1. The van der Waals surface area contributed by atoms with Crippen LogP contribution in [-0.2, 0) is 4.74 Å². The van der Waals surface area contributed by atoms with E-state index in [9.17, 15) is 20.0 Å². The smallest absolute Gasteiger partial charge is 0.311 e. The van der Waals surface area contributed by atoms with E-state index in [0.29, 0.717) is 13.2 Å². The molecule has 7 heteroatoms. The van der Waals surface area contributed by atoms with Crippen molar-refractivity contribution >= 4 is 11.6 Å². The maximum Gasteiger partial charge on any atom is 0.311 e. The van der Waals surface area contributed by atoms with Crippen LogP contribution < -0.4 is 5.32 Å². The van der Waals surface area contributed by atoms with Crippen molar-refractivity contribution in [2.75, 3.05) is 13.2 Å². The van der Waals surface area contributed by atoms with Crippen LogP contribution in [0.5, 0.6) is 5.75 Å². The van der Waals surface area contributed by atoms with Gasteiger partial charge in [-0.25, -0.2) is 0 Å². The molecule has 1 aromatic rings. The number of nitro groups is 1. The number of benzene rings is 1. The molecule has 0 unspecified atom stereocenters. The summed E-state index contributed by atoms with van der Waals surface area (Å²) >= 11 is 0. The molecule has 102 valence electrons. The van der Waals surface area contributed by atoms with Gasteiger partial charge in [-0.1, -0.05) is 0 Å². The van der Waals surface area contributed by atoms with E-state index in [0.717, 1.165) is 25.0 Å². The van der Waals surface area contributed by atoms with E-state index < -0.39 is 22.3 Å². The first-order valence-corrected chi connectivity index (χ1v) is 5.95. The van der Waals surface area contributed by atoms with Crippen molar-refractivity contribution in [1.29, 1.82) is 0 Å². The van der Waals surface area contributed by atoms with Crippen molar-refractivity contribution in [1.82, 2.24) is 5.32 Å². The predicted octanol–water partition coefficient (Wildman–Crippen LogP) is 1.21. The average Bonchev–Trinajstić information content (AvgIpc) is 2.89. The maximum atomic E-state index is 11.8. The molecule has 0 aromatic heterocycles. The predicted molar refractivity (Wildman–Crippen MR) is 66.1 cm³/mol. The minimum Gasteiger partial charge on any atom is -0.502 e. The second kappa shape index (κ2) is 5.66. The summed E-state index contributed by atoms with van der Waals surface area (Å²) in [5.41, 5.74) is -0.340. The van der Waals surface area contributed by atoms with E-state index in [2.05, 4.69) is 5.32 Å². The van der Waals surface area contributed by atoms with Crippen LogP contribution in [0.3, 0.4) is 0 Å². The molecule has 0 spiro atoms. The van der Waals surface area contributed by atoms with Crippen LogP contribution in [0.4, 0.5) is 5.69 Å². The molecular formula is C12H14N2O5. The second-order valence-electron chi connectivity index (χ2n) is 4.31. The van der Waals surface area contributed by atoms with Gasteiger partial charge in [0, 0.05) is 24.8 Å². The molecular weight excluding hydrogens is 252 g/mol. The number of phenols is 1. The third-order valence-corrected chi connectivity index (χ3v) is 2.95. The van der Waals surface area contributed by atoms with Gasteiger partial charge in [0.15, 0.2) is 5.75 Å². The van der Waals surface area contributed by atoms with Crippen molar-refractivity contribution in [3.8, 4) is 5.75 Å². The largest absolute Gasteiger partial charge is 0.502 e. The molecule has 1 fully saturated rings. The lowest BCUT2D eigenvalue weighted by Crippen LogP contribution is -2.31. The standard InChI is InChI=1S/C12H14N2O5/c15-11-4-3-8(6-10(11)14(17)18)12(16)13-7-9-2-1-5-19-9/h3-4,6,9,15H,1-2,5,7H2,(H,13,16)/t9-/m1/s1. The van der Waals surface area contributed by atoms with Gasteiger partial charge in [0.2, 0.25) is 0 Å². The molecule has 19 heavy (non-hydrogen) atoms. The van der Waals surface area contributed by atoms with E-state index in [4.69, 9.17) is 4.74 Å². The Kier molecular flexibility index (Phi) is 3.96. The van der Waals surface area contributed by atoms with Gasteiger partial charge in [-0.05, 0) is 25.0 Å². The first-order chi connectivity index (χ1) is 9.08. The molecule has 1 saturated heterocycles. The number of hydrogen-bond donors (Lipinski definition) is 2. The number of nitrogens with one attached hydrogen (secondary N) is 1. The van der Waals surface area contributed by atoms with Crippen LogP contribution in [-0.4, -0.2) is 35.2 Å². The average molecular weight is 266 g/mol. The molecule has 0 radical (unpaired) electrons. The monoisotopic (exact) mass is 266 g/mol. The number of rotatable bonds is 4. The highest BCUT2D eigenvalue weighted by atomic mass is 16.6. The van der Waals surface area contributed by atoms with Crippen molar-refractivity contribution < 1.29 is 19.6 Å². The number of nitrogens with zero attached hydrogens (tertiary/aromatic N) is 1. The molecule has 1 aliphatic rings. The lowest BCUT2D eigenvalue weighted by atomic mass is 10.1. The third kappa shape index (κ3) is 3.19. The summed E-state index contributed by atoms with van der Waals surface area (Å²) in [6.45, 7) is 1.08. The Morgan fingerprint density at radius 1 is 1.58 bits per heavy atom. The van der Waals surface area contributed by atoms with Gasteiger partial charge < -0.3 is 15.2 Å². The summed E-state index contributed by atoms with van der Waals surface area (Å²) in [7, 11) is 0. The molecule has 1 atom stereocenters. The highest BCUT2D eigenvalue weighted by Gasteiger charge is 2.19. The van der Waals surface area contributed by atoms with Gasteiger partial charge >= 0.3 is 5.69 Å². The molecule has 2 rings (SSSR count). The first-order valence-electron chi connectivity index (χ1n) is 5.95. The topological polar surface area (TPSA) is 102 Å². The Bertz CT molecular complexity index is 497. The highest BCUT2D eigenvalue weighted by molar-refractivity contribution is 5.95. The molecule has 0 bridgehead atoms. The lowest BCUT2D eigenvalue weighted by Gasteiger charge is -2.10. The van der Waals surface area contributed by atoms with E-state index in [1.165, 1.54) is 6.07 Å². The van der Waals surface area contributed by atoms with Crippen LogP contribution in [0.15, 0.2) is 18.2 Å². The van der Waals surface area contributed by atoms with Crippen molar-refractivity contribution in [2.24, 2.45) is 0 Å². The zero-order valence-electron chi connectivity index (χ0n) is 10.2. The zero-order valence-corrected chi connectivity index (χ0v) is 10.2. The van der Waals surface area contributed by atoms with Crippen LogP contribution in [0, 0.1) is 10.1 Å². The molecule has 1 heterocycles. The van der Waals surface area contributed by atoms with Gasteiger partial charge in [-0.3, -0.25) is 14.9 Å². The molecule has 0 aliphatic carbocycles. The van der Waals surface area contributed by atoms with Gasteiger partial charge in [-0.15, -0.1) is 0 Å². The summed E-state index contributed by atoms with van der Waals surface area (Å²) in [6.07, 6.45) is 1.89. The van der Waals surface area contributed by atoms with E-state index in [-0.39, 0.29) is 11.7 Å². The molecule has 2 N–H and O–H groups in total. The molecule has 0 saturated carbocycles. The van der Waals surface area contributed by atoms with E-state index in [1.54, 1.807) is 0 Å². The summed E-state index contributed by atoms with van der Waals surface area (Å²) in [6, 6.07) is 3.53. The van der Waals surface area contributed by atoms with Gasteiger partial charge in [-0.2, -0.15) is 0 Å². The fourth-order valence-electron chi connectivity index (χ4n) is 1.92. The highest BCUT2D eigenvalue weighted by Crippen LogP contribution is 2.26. The number of carbonyl (C=O) groups excluding carboxylic acids is 1. The number of carbonyl (C=O) groups is 1. The Morgan fingerprint density at radius 3 is 3.00 bits per heavy atom. The molecule has 1 amide bonds. The fraction of sp³-hybridized carbons (Fsp3) is 0.417.